The first-order valence-corrected chi connectivity index (χ1v) is 26.6. The molecule has 2 heterocycles. The third-order valence-corrected chi connectivity index (χ3v) is 14.4. The Balaban J connectivity index is 1.31. The third-order valence-electron chi connectivity index (χ3n) is 14.4. The van der Waals surface area contributed by atoms with Gasteiger partial charge in [0.1, 0.15) is 30.2 Å². The Morgan fingerprint density at radius 1 is 0.649 bits per heavy atom. The Bertz CT molecular complexity index is 2410. The lowest BCUT2D eigenvalue weighted by molar-refractivity contribution is -0.153. The molecule has 6 amide bonds. The number of aliphatic imine (C=N–C) groups is 3. The van der Waals surface area contributed by atoms with Crippen LogP contribution >= 0.6 is 0 Å². The molecule has 25 heteroatoms. The van der Waals surface area contributed by atoms with Crippen LogP contribution in [0.1, 0.15) is 100 Å². The molecule has 1 saturated heterocycles. The molecule has 5 rings (SSSR count). The summed E-state index contributed by atoms with van der Waals surface area (Å²) in [4.78, 5) is 113. The highest BCUT2D eigenvalue weighted by molar-refractivity contribution is 5.96. The molecule has 0 aromatic heterocycles. The van der Waals surface area contributed by atoms with Gasteiger partial charge in [0.25, 0.3) is 0 Å². The molecule has 2 aromatic carbocycles. The van der Waals surface area contributed by atoms with Crippen molar-refractivity contribution < 1.29 is 43.8 Å². The lowest BCUT2D eigenvalue weighted by Crippen LogP contribution is -2.62. The number of rotatable bonds is 29. The molecule has 0 bridgehead atoms. The van der Waals surface area contributed by atoms with Gasteiger partial charge in [0, 0.05) is 51.1 Å². The molecule has 9 atom stereocenters. The lowest BCUT2D eigenvalue weighted by Gasteiger charge is -2.42. The minimum atomic E-state index is -1.47. The molecular weight excluding hydrogens is 993 g/mol. The quantitative estimate of drug-likeness (QED) is 0.0235. The average molecular weight is 1070 g/mol. The molecule has 0 spiro atoms. The number of carbonyl (C=O) groups is 7. The van der Waals surface area contributed by atoms with Crippen molar-refractivity contribution in [2.75, 3.05) is 32.8 Å². The standard InChI is InChI=1S/C52H80N16O9/c53-36(18-9-23-61-50(54)55)44(71)64-37(19-10-24-62-51(56)57)45(72)60-22-8-17-34(26-31-12-2-1-3-13-31)43(70)66-39(30-69)47(74)67-29-35-16-5-4-14-32(35)27-42(67)48(75)68-40-21-7-6-15-33(40)28-41(68)46(73)65-38(49(76)77)20-11-25-63-52(58)59/h1-5,12-14,16,33-34,36-42,69H,6-11,15,17-30,53H2,(H,60,72)(H,64,71)(H,65,73)(H,66,70)(H,76,77)(H4,54,55,61)(H4,56,57,62)(H4,58,59,63). The molecule has 3 aliphatic rings. The van der Waals surface area contributed by atoms with Crippen molar-refractivity contribution in [3.63, 3.8) is 0 Å². The van der Waals surface area contributed by atoms with E-state index >= 15 is 4.79 Å². The van der Waals surface area contributed by atoms with Crippen molar-refractivity contribution in [3.8, 4) is 0 Å². The second-order valence-electron chi connectivity index (χ2n) is 20.0. The zero-order valence-corrected chi connectivity index (χ0v) is 43.8. The van der Waals surface area contributed by atoms with Gasteiger partial charge in [0.05, 0.1) is 12.6 Å². The molecule has 2 aromatic rings. The highest BCUT2D eigenvalue weighted by atomic mass is 16.4. The number of nitrogens with zero attached hydrogens (tertiary/aromatic N) is 5. The van der Waals surface area contributed by atoms with Gasteiger partial charge in [0.2, 0.25) is 35.4 Å². The van der Waals surface area contributed by atoms with Crippen LogP contribution in [0.15, 0.2) is 69.6 Å². The lowest BCUT2D eigenvalue weighted by atomic mass is 9.84. The van der Waals surface area contributed by atoms with Gasteiger partial charge in [-0.1, -0.05) is 67.4 Å². The topological polar surface area (TPSA) is 434 Å². The summed E-state index contributed by atoms with van der Waals surface area (Å²) >= 11 is 0. The van der Waals surface area contributed by atoms with Crippen LogP contribution in [0.25, 0.3) is 0 Å². The summed E-state index contributed by atoms with van der Waals surface area (Å²) in [5.41, 5.74) is 41.1. The predicted molar refractivity (Wildman–Crippen MR) is 290 cm³/mol. The van der Waals surface area contributed by atoms with Crippen LogP contribution in [0.2, 0.25) is 0 Å². The minimum absolute atomic E-state index is 0.0261. The van der Waals surface area contributed by atoms with Crippen molar-refractivity contribution in [2.24, 2.45) is 66.9 Å². The number of aliphatic hydroxyl groups excluding tert-OH is 1. The number of aliphatic hydroxyl groups is 1. The number of nitrogens with one attached hydrogen (secondary N) is 4. The smallest absolute Gasteiger partial charge is 0.326 e. The van der Waals surface area contributed by atoms with E-state index in [-0.39, 0.29) is 108 Å². The maximum atomic E-state index is 15.3. The third kappa shape index (κ3) is 18.3. The Hall–Kier alpha value is -7.54. The maximum absolute atomic E-state index is 15.3. The summed E-state index contributed by atoms with van der Waals surface area (Å²) in [6.07, 6.45) is 5.83. The Morgan fingerprint density at radius 3 is 1.86 bits per heavy atom. The highest BCUT2D eigenvalue weighted by Crippen LogP contribution is 2.41. The number of carboxylic acid groups (broad SMARTS) is 1. The summed E-state index contributed by atoms with van der Waals surface area (Å²) < 4.78 is 0. The molecule has 9 unspecified atom stereocenters. The van der Waals surface area contributed by atoms with E-state index < -0.39 is 90.2 Å². The maximum Gasteiger partial charge on any atom is 0.326 e. The summed E-state index contributed by atoms with van der Waals surface area (Å²) in [5.74, 6) is -5.74. The summed E-state index contributed by atoms with van der Waals surface area (Å²) in [7, 11) is 0. The molecule has 77 heavy (non-hydrogen) atoms. The number of fused-ring (bicyclic) bond motifs is 2. The van der Waals surface area contributed by atoms with Crippen LogP contribution in [0.3, 0.4) is 0 Å². The van der Waals surface area contributed by atoms with Gasteiger partial charge in [-0.3, -0.25) is 43.7 Å². The minimum Gasteiger partial charge on any atom is -0.480 e. The van der Waals surface area contributed by atoms with Crippen LogP contribution in [-0.2, 0) is 52.9 Å². The predicted octanol–water partition coefficient (Wildman–Crippen LogP) is -2.13. The number of carbonyl (C=O) groups excluding carboxylic acids is 6. The van der Waals surface area contributed by atoms with Crippen LogP contribution in [0.5, 0.6) is 0 Å². The second-order valence-corrected chi connectivity index (χ2v) is 20.0. The van der Waals surface area contributed by atoms with Crippen molar-refractivity contribution in [2.45, 2.75) is 145 Å². The van der Waals surface area contributed by atoms with Crippen LogP contribution in [0, 0.1) is 11.8 Å². The molecule has 20 N–H and O–H groups in total. The van der Waals surface area contributed by atoms with Crippen LogP contribution in [-0.4, -0.2) is 154 Å². The van der Waals surface area contributed by atoms with E-state index in [9.17, 15) is 39.0 Å². The zero-order valence-electron chi connectivity index (χ0n) is 43.8. The van der Waals surface area contributed by atoms with E-state index in [4.69, 9.17) is 40.1 Å². The molecule has 0 radical (unpaired) electrons. The number of aliphatic carboxylic acids is 1. The van der Waals surface area contributed by atoms with Gasteiger partial charge in [-0.15, -0.1) is 0 Å². The van der Waals surface area contributed by atoms with Gasteiger partial charge in [0.15, 0.2) is 17.9 Å². The van der Waals surface area contributed by atoms with Crippen molar-refractivity contribution >= 4 is 59.3 Å². The van der Waals surface area contributed by atoms with Gasteiger partial charge < -0.3 is 81.4 Å². The Labute approximate surface area is 449 Å². The molecule has 2 aliphatic heterocycles. The number of benzene rings is 2. The SMILES string of the molecule is NC(N)=NCCCC(N)C(=O)NC(CCCN=C(N)N)C(=O)NCCCC(Cc1ccccc1)C(=O)NC(CO)C(=O)N1Cc2ccccc2CC1C(=O)N1C(C(=O)NC(CCCN=C(N)N)C(=O)O)CC2CCCCC21. The largest absolute Gasteiger partial charge is 0.480 e. The normalized spacial score (nSPS) is 19.6. The number of guanidine groups is 3. The van der Waals surface area contributed by atoms with Gasteiger partial charge in [-0.2, -0.15) is 0 Å². The molecule has 1 saturated carbocycles. The van der Waals surface area contributed by atoms with Crippen molar-refractivity contribution in [1.82, 2.24) is 31.1 Å². The van der Waals surface area contributed by atoms with E-state index in [1.54, 1.807) is 4.90 Å². The summed E-state index contributed by atoms with van der Waals surface area (Å²) in [6, 6.07) is 9.43. The molecule has 2 fully saturated rings. The van der Waals surface area contributed by atoms with E-state index in [2.05, 4.69) is 36.2 Å². The van der Waals surface area contributed by atoms with E-state index in [1.807, 2.05) is 54.6 Å². The van der Waals surface area contributed by atoms with Gasteiger partial charge in [-0.25, -0.2) is 4.79 Å². The van der Waals surface area contributed by atoms with E-state index in [0.29, 0.717) is 32.1 Å². The summed E-state index contributed by atoms with van der Waals surface area (Å²) in [5, 5.41) is 32.0. The number of hydrogen-bond donors (Lipinski definition) is 13. The van der Waals surface area contributed by atoms with Gasteiger partial charge in [-0.05, 0) is 99.7 Å². The molecule has 422 valence electrons. The van der Waals surface area contributed by atoms with E-state index in [0.717, 1.165) is 36.0 Å². The summed E-state index contributed by atoms with van der Waals surface area (Å²) in [6.45, 7) is -0.0733. The molecule has 25 nitrogen and oxygen atoms in total. The zero-order chi connectivity index (χ0) is 56.0. The Kier molecular flexibility index (Phi) is 23.7. The van der Waals surface area contributed by atoms with Crippen LogP contribution < -0.4 is 61.4 Å². The van der Waals surface area contributed by atoms with E-state index in [1.165, 1.54) is 4.90 Å². The fraction of sp³-hybridized carbons (Fsp3) is 0.577. The fourth-order valence-electron chi connectivity index (χ4n) is 10.5. The molecular formula is C52H80N16O9. The first-order valence-electron chi connectivity index (χ1n) is 26.6. The monoisotopic (exact) mass is 1070 g/mol. The van der Waals surface area contributed by atoms with Crippen LogP contribution in [0.4, 0.5) is 0 Å². The molecule has 1 aliphatic carbocycles. The number of likely N-dealkylation sites (tertiary alicyclic amines) is 1. The highest BCUT2D eigenvalue weighted by Gasteiger charge is 2.51. The first kappa shape index (κ1) is 60.3. The first-order chi connectivity index (χ1) is 36.9. The average Bonchev–Trinajstić information content (AvgIpc) is 3.84. The second kappa shape index (κ2) is 30.3. The Morgan fingerprint density at radius 2 is 1.23 bits per heavy atom. The number of hydrogen-bond acceptors (Lipinski definition) is 12. The van der Waals surface area contributed by atoms with Gasteiger partial charge >= 0.3 is 5.97 Å². The van der Waals surface area contributed by atoms with Crippen molar-refractivity contribution in [1.29, 1.82) is 0 Å². The fourth-order valence-corrected chi connectivity index (χ4v) is 10.5. The number of carboxylic acids is 1. The number of nitrogens with two attached hydrogens (primary N) is 7. The number of amides is 6. The van der Waals surface area contributed by atoms with Crippen molar-refractivity contribution in [3.05, 3.63) is 71.3 Å².